The Morgan fingerprint density at radius 3 is 2.95 bits per heavy atom. The lowest BCUT2D eigenvalue weighted by molar-refractivity contribution is 0.102. The zero-order valence-corrected chi connectivity index (χ0v) is 11.1. The van der Waals surface area contributed by atoms with E-state index >= 15 is 0 Å². The first-order valence-corrected chi connectivity index (χ1v) is 6.44. The molecule has 6 nitrogen and oxygen atoms in total. The molecule has 0 atom stereocenters. The fraction of sp³-hybridized carbons (Fsp3) is 0.0667. The molecular weight excluding hydrogens is 268 g/mol. The molecule has 3 heterocycles. The van der Waals surface area contributed by atoms with Crippen LogP contribution in [0.2, 0.25) is 0 Å². The van der Waals surface area contributed by atoms with E-state index in [-0.39, 0.29) is 17.3 Å². The Labute approximate surface area is 118 Å². The van der Waals surface area contributed by atoms with Gasteiger partial charge in [0.15, 0.2) is 11.5 Å². The number of imidazole rings is 1. The highest BCUT2D eigenvalue weighted by atomic mass is 16.5. The number of aryl methyl sites for hydroxylation is 1. The van der Waals surface area contributed by atoms with Crippen LogP contribution in [0, 0.1) is 6.92 Å². The number of aromatic nitrogens is 4. The summed E-state index contributed by atoms with van der Waals surface area (Å²) in [6, 6.07) is 9.26. The van der Waals surface area contributed by atoms with Gasteiger partial charge in [-0.2, -0.15) is 0 Å². The molecule has 21 heavy (non-hydrogen) atoms. The van der Waals surface area contributed by atoms with E-state index in [1.807, 2.05) is 24.3 Å². The van der Waals surface area contributed by atoms with Gasteiger partial charge in [-0.3, -0.25) is 9.78 Å². The number of aromatic amines is 1. The van der Waals surface area contributed by atoms with Crippen LogP contribution in [-0.2, 0) is 0 Å². The smallest absolute Gasteiger partial charge is 0.250 e. The third kappa shape index (κ3) is 1.80. The highest BCUT2D eigenvalue weighted by molar-refractivity contribution is 6.09. The first-order chi connectivity index (χ1) is 10.2. The standard InChI is InChI=1S/C15H10N4O2/c1-8-6-11(19-21-8)14(20)15-17-12-7-16-10-5-3-2-4-9(10)13(12)18-15/h2-7H,1H3,(H,17,18). The summed E-state index contributed by atoms with van der Waals surface area (Å²) in [6.07, 6.45) is 1.68. The predicted molar refractivity (Wildman–Crippen MR) is 76.1 cm³/mol. The lowest BCUT2D eigenvalue weighted by atomic mass is 10.2. The SMILES string of the molecule is Cc1cc(C(=O)c2nc3c(cnc4ccccc43)[nH]2)no1. The molecule has 0 spiro atoms. The number of carbonyl (C=O) groups excluding carboxylic acids is 1. The van der Waals surface area contributed by atoms with Gasteiger partial charge in [-0.05, 0) is 13.0 Å². The zero-order valence-electron chi connectivity index (χ0n) is 11.1. The largest absolute Gasteiger partial charge is 0.361 e. The monoisotopic (exact) mass is 278 g/mol. The molecule has 0 amide bonds. The molecule has 0 saturated carbocycles. The molecular formula is C15H10N4O2. The number of ketones is 1. The number of H-pyrrole nitrogens is 1. The Morgan fingerprint density at radius 2 is 2.14 bits per heavy atom. The van der Waals surface area contributed by atoms with Gasteiger partial charge in [0.1, 0.15) is 11.3 Å². The van der Waals surface area contributed by atoms with Gasteiger partial charge in [-0.25, -0.2) is 4.98 Å². The van der Waals surface area contributed by atoms with Crippen LogP contribution in [0.5, 0.6) is 0 Å². The molecule has 6 heteroatoms. The highest BCUT2D eigenvalue weighted by Gasteiger charge is 2.18. The van der Waals surface area contributed by atoms with Crippen molar-refractivity contribution in [3.63, 3.8) is 0 Å². The van der Waals surface area contributed by atoms with Crippen molar-refractivity contribution in [3.8, 4) is 0 Å². The number of hydrogen-bond acceptors (Lipinski definition) is 5. The Kier molecular flexibility index (Phi) is 2.38. The minimum absolute atomic E-state index is 0.233. The summed E-state index contributed by atoms with van der Waals surface area (Å²) in [7, 11) is 0. The van der Waals surface area contributed by atoms with Crippen LogP contribution in [-0.4, -0.2) is 25.9 Å². The second kappa shape index (κ2) is 4.24. The van der Waals surface area contributed by atoms with E-state index in [1.165, 1.54) is 0 Å². The molecule has 102 valence electrons. The van der Waals surface area contributed by atoms with E-state index in [1.54, 1.807) is 19.2 Å². The van der Waals surface area contributed by atoms with Gasteiger partial charge in [-0.1, -0.05) is 23.4 Å². The molecule has 1 N–H and O–H groups in total. The van der Waals surface area contributed by atoms with E-state index in [0.29, 0.717) is 5.76 Å². The number of nitrogens with zero attached hydrogens (tertiary/aromatic N) is 3. The van der Waals surface area contributed by atoms with E-state index in [2.05, 4.69) is 20.1 Å². The Morgan fingerprint density at radius 1 is 1.29 bits per heavy atom. The third-order valence-electron chi connectivity index (χ3n) is 3.30. The summed E-state index contributed by atoms with van der Waals surface area (Å²) in [5.41, 5.74) is 2.53. The van der Waals surface area contributed by atoms with Crippen LogP contribution < -0.4 is 0 Å². The van der Waals surface area contributed by atoms with Crippen LogP contribution >= 0.6 is 0 Å². The fourth-order valence-electron chi connectivity index (χ4n) is 2.31. The second-order valence-electron chi connectivity index (χ2n) is 4.77. The summed E-state index contributed by atoms with van der Waals surface area (Å²) in [5, 5.41) is 4.63. The van der Waals surface area contributed by atoms with Crippen LogP contribution in [0.3, 0.4) is 0 Å². The van der Waals surface area contributed by atoms with Gasteiger partial charge < -0.3 is 9.51 Å². The molecule has 0 saturated heterocycles. The quantitative estimate of drug-likeness (QED) is 0.570. The first kappa shape index (κ1) is 11.8. The molecule has 0 aliphatic carbocycles. The predicted octanol–water partition coefficient (Wildman–Crippen LogP) is 2.64. The number of fused-ring (bicyclic) bond motifs is 3. The lowest BCUT2D eigenvalue weighted by Gasteiger charge is -1.95. The third-order valence-corrected chi connectivity index (χ3v) is 3.30. The van der Waals surface area contributed by atoms with Crippen LogP contribution in [0.15, 0.2) is 41.1 Å². The number of rotatable bonds is 2. The molecule has 3 aromatic heterocycles. The van der Waals surface area contributed by atoms with Crippen molar-refractivity contribution in [2.24, 2.45) is 0 Å². The van der Waals surface area contributed by atoms with Crippen molar-refractivity contribution in [2.75, 3.05) is 0 Å². The topological polar surface area (TPSA) is 84.7 Å². The Balaban J connectivity index is 1.91. The number of hydrogen-bond donors (Lipinski definition) is 1. The number of pyridine rings is 1. The van der Waals surface area contributed by atoms with E-state index < -0.39 is 0 Å². The van der Waals surface area contributed by atoms with Gasteiger partial charge in [0.2, 0.25) is 5.78 Å². The summed E-state index contributed by atoms with van der Waals surface area (Å²) in [4.78, 5) is 24.1. The van der Waals surface area contributed by atoms with Crippen molar-refractivity contribution in [1.29, 1.82) is 0 Å². The minimum atomic E-state index is -0.299. The summed E-state index contributed by atoms with van der Waals surface area (Å²) < 4.78 is 4.93. The normalized spacial score (nSPS) is 11.3. The van der Waals surface area contributed by atoms with E-state index in [9.17, 15) is 4.79 Å². The minimum Gasteiger partial charge on any atom is -0.361 e. The zero-order chi connectivity index (χ0) is 14.4. The summed E-state index contributed by atoms with van der Waals surface area (Å²) in [6.45, 7) is 1.74. The van der Waals surface area contributed by atoms with Gasteiger partial charge in [0, 0.05) is 11.5 Å². The van der Waals surface area contributed by atoms with Crippen molar-refractivity contribution in [1.82, 2.24) is 20.1 Å². The van der Waals surface area contributed by atoms with E-state index in [0.717, 1.165) is 21.9 Å². The maximum Gasteiger partial charge on any atom is 0.250 e. The maximum atomic E-state index is 12.3. The van der Waals surface area contributed by atoms with Gasteiger partial charge >= 0.3 is 0 Å². The Hall–Kier alpha value is -3.02. The first-order valence-electron chi connectivity index (χ1n) is 6.44. The molecule has 0 fully saturated rings. The maximum absolute atomic E-state index is 12.3. The number of nitrogens with one attached hydrogen (secondary N) is 1. The molecule has 0 aliphatic rings. The molecule has 4 aromatic rings. The number of benzene rings is 1. The summed E-state index contributed by atoms with van der Waals surface area (Å²) in [5.74, 6) is 0.519. The van der Waals surface area contributed by atoms with Crippen molar-refractivity contribution in [3.05, 3.63) is 53.8 Å². The van der Waals surface area contributed by atoms with Crippen LogP contribution in [0.1, 0.15) is 22.1 Å². The molecule has 1 aromatic carbocycles. The average molecular weight is 278 g/mol. The lowest BCUT2D eigenvalue weighted by Crippen LogP contribution is -2.03. The van der Waals surface area contributed by atoms with Crippen molar-refractivity contribution < 1.29 is 9.32 Å². The summed E-state index contributed by atoms with van der Waals surface area (Å²) >= 11 is 0. The van der Waals surface area contributed by atoms with Crippen molar-refractivity contribution in [2.45, 2.75) is 6.92 Å². The fourth-order valence-corrected chi connectivity index (χ4v) is 2.31. The molecule has 0 bridgehead atoms. The molecule has 0 aliphatic heterocycles. The highest BCUT2D eigenvalue weighted by Crippen LogP contribution is 2.22. The average Bonchev–Trinajstić information content (AvgIpc) is 3.12. The Bertz CT molecular complexity index is 984. The van der Waals surface area contributed by atoms with Gasteiger partial charge in [0.25, 0.3) is 0 Å². The van der Waals surface area contributed by atoms with Gasteiger partial charge in [0.05, 0.1) is 17.2 Å². The molecule has 0 unspecified atom stereocenters. The molecule has 0 radical (unpaired) electrons. The van der Waals surface area contributed by atoms with Gasteiger partial charge in [-0.15, -0.1) is 0 Å². The van der Waals surface area contributed by atoms with Crippen LogP contribution in [0.25, 0.3) is 21.9 Å². The van der Waals surface area contributed by atoms with Crippen molar-refractivity contribution >= 4 is 27.7 Å². The number of para-hydroxylation sites is 1. The number of carbonyl (C=O) groups is 1. The second-order valence-corrected chi connectivity index (χ2v) is 4.77. The van der Waals surface area contributed by atoms with E-state index in [4.69, 9.17) is 4.52 Å². The van der Waals surface area contributed by atoms with Crippen LogP contribution in [0.4, 0.5) is 0 Å². The molecule has 4 rings (SSSR count).